The van der Waals surface area contributed by atoms with Crippen LogP contribution in [0.25, 0.3) is 0 Å². The van der Waals surface area contributed by atoms with Crippen LogP contribution in [0.3, 0.4) is 0 Å². The fraction of sp³-hybridized carbons (Fsp3) is 0.719. The van der Waals surface area contributed by atoms with Crippen LogP contribution in [-0.2, 0) is 23.1 Å². The zero-order valence-corrected chi connectivity index (χ0v) is 41.7. The van der Waals surface area contributed by atoms with E-state index in [-0.39, 0.29) is 39.6 Å². The molecule has 0 aromatic heterocycles. The third-order valence-electron chi connectivity index (χ3n) is 16.9. The van der Waals surface area contributed by atoms with Gasteiger partial charge >= 0.3 is 5.97 Å². The Balaban J connectivity index is 0.00000148. The zero-order valence-electron chi connectivity index (χ0n) is 41.7. The molecule has 6 unspecified atom stereocenters. The summed E-state index contributed by atoms with van der Waals surface area (Å²) in [6.07, 6.45) is 32.8. The van der Waals surface area contributed by atoms with Crippen molar-refractivity contribution in [2.24, 2.45) is 39.2 Å². The average Bonchev–Trinajstić information content (AvgIpc) is 4.00. The minimum Gasteiger partial charge on any atom is -0.516 e. The molecule has 4 aliphatic carbocycles. The number of aliphatic hydroxyl groups is 1. The fourth-order valence-electron chi connectivity index (χ4n) is 13.5. The van der Waals surface area contributed by atoms with Gasteiger partial charge in [-0.3, -0.25) is 9.69 Å². The van der Waals surface area contributed by atoms with Gasteiger partial charge in [0.25, 0.3) is 0 Å². The molecular formula is C57H90N2O5. The molecule has 0 radical (unpaired) electrons. The Hall–Kier alpha value is -3.32. The molecule has 1 saturated heterocycles. The van der Waals surface area contributed by atoms with Crippen LogP contribution in [0.15, 0.2) is 48.7 Å². The average molecular weight is 883 g/mol. The first-order chi connectivity index (χ1) is 30.7. The first-order valence-electron chi connectivity index (χ1n) is 26.1. The number of unbranched alkanes of at least 4 members (excludes halogenated alkanes) is 14. The molecule has 2 aromatic rings. The molecule has 1 aliphatic heterocycles. The molecular weight excluding hydrogens is 793 g/mol. The first-order valence-corrected chi connectivity index (χ1v) is 26.1. The van der Waals surface area contributed by atoms with Crippen LogP contribution in [0.4, 0.5) is 0 Å². The largest absolute Gasteiger partial charge is 0.516 e. The minimum atomic E-state index is -0.547. The number of amides is 1. The number of rotatable bonds is 22. The zero-order chi connectivity index (χ0) is 46.6. The first kappa shape index (κ1) is 51.7. The highest BCUT2D eigenvalue weighted by Gasteiger charge is 2.79. The van der Waals surface area contributed by atoms with Crippen molar-refractivity contribution in [1.29, 1.82) is 0 Å². The number of esters is 1. The van der Waals surface area contributed by atoms with E-state index in [1.165, 1.54) is 128 Å². The second-order valence-electron chi connectivity index (χ2n) is 22.2. The van der Waals surface area contributed by atoms with E-state index in [0.29, 0.717) is 17.5 Å². The van der Waals surface area contributed by atoms with E-state index in [4.69, 9.17) is 9.53 Å². The molecule has 2 aromatic carbocycles. The minimum absolute atomic E-state index is 0.0838. The molecule has 7 nitrogen and oxygen atoms in total. The van der Waals surface area contributed by atoms with E-state index in [2.05, 4.69) is 76.5 Å². The summed E-state index contributed by atoms with van der Waals surface area (Å²) in [6, 6.07) is 12.2. The number of phenolic OH excluding ortho intramolecular Hbond substituents is 1. The Kier molecular flexibility index (Phi) is 18.5. The molecule has 2 bridgehead atoms. The van der Waals surface area contributed by atoms with Crippen LogP contribution >= 0.6 is 0 Å². The van der Waals surface area contributed by atoms with Crippen molar-refractivity contribution in [2.75, 3.05) is 13.1 Å². The number of carbonyl (C=O) groups is 2. The smallest absolute Gasteiger partial charge is 0.343 e. The lowest BCUT2D eigenvalue weighted by Crippen LogP contribution is -2.67. The molecule has 358 valence electrons. The summed E-state index contributed by atoms with van der Waals surface area (Å²) >= 11 is 0. The van der Waals surface area contributed by atoms with Gasteiger partial charge in [0.1, 0.15) is 0 Å². The van der Waals surface area contributed by atoms with Crippen molar-refractivity contribution >= 4 is 12.4 Å². The molecule has 6 atom stereocenters. The maximum Gasteiger partial charge on any atom is 0.343 e. The molecule has 4 fully saturated rings. The summed E-state index contributed by atoms with van der Waals surface area (Å²) in [5.41, 5.74) is 7.70. The van der Waals surface area contributed by atoms with Crippen LogP contribution in [0.1, 0.15) is 217 Å². The number of hydrogen-bond acceptors (Lipinski definition) is 6. The lowest BCUT2D eigenvalue weighted by molar-refractivity contribution is -0.106. The summed E-state index contributed by atoms with van der Waals surface area (Å²) in [4.78, 5) is 25.1. The van der Waals surface area contributed by atoms with Crippen LogP contribution < -0.4 is 10.5 Å². The summed E-state index contributed by atoms with van der Waals surface area (Å²) in [5, 5.41) is 23.1. The number of nitrogens with two attached hydrogens (primary N) is 1. The highest BCUT2D eigenvalue weighted by molar-refractivity contribution is 5.91. The maximum absolute atomic E-state index is 13.7. The number of likely N-dealkylation sites (tertiary alicyclic amines) is 1. The second-order valence-corrected chi connectivity index (χ2v) is 22.2. The predicted octanol–water partition coefficient (Wildman–Crippen LogP) is 14.4. The third kappa shape index (κ3) is 11.3. The van der Waals surface area contributed by atoms with E-state index in [1.54, 1.807) is 0 Å². The number of allylic oxidation sites excluding steroid dienone is 1. The Morgan fingerprint density at radius 3 is 1.97 bits per heavy atom. The van der Waals surface area contributed by atoms with Gasteiger partial charge in [0.05, 0.1) is 11.8 Å². The lowest BCUT2D eigenvalue weighted by atomic mass is 9.56. The van der Waals surface area contributed by atoms with Gasteiger partial charge in [0.15, 0.2) is 11.5 Å². The van der Waals surface area contributed by atoms with Gasteiger partial charge in [-0.1, -0.05) is 163 Å². The van der Waals surface area contributed by atoms with E-state index < -0.39 is 11.4 Å². The van der Waals surface area contributed by atoms with Crippen molar-refractivity contribution in [3.63, 3.8) is 0 Å². The molecule has 3 saturated carbocycles. The van der Waals surface area contributed by atoms with Crippen molar-refractivity contribution in [3.8, 4) is 11.5 Å². The topological polar surface area (TPSA) is 113 Å². The monoisotopic (exact) mass is 883 g/mol. The van der Waals surface area contributed by atoms with Crippen LogP contribution in [0, 0.1) is 33.5 Å². The standard InChI is InChI=1S/C54H81NO4.C2H6.CH3NO/c1-7-8-9-10-11-12-13-14-15-16-17-18-19-20-21-22-41-25-27-43(28-26-41)48(58)59-45-30-29-44-35-52-38-53(33-34-56,46(44)47(45)57)54(49(52)55(39-52)36-42-23-24-42)32-31-51(6,37-54)40(2)50(3,4)5;1-2;2-1-3/h25-30,33-34,40,42,49,56-57H,7-24,31-32,35-39H2,1-6H3;1-2H3;1H,(H2,2,3)/b34-33+;;. The van der Waals surface area contributed by atoms with Crippen molar-refractivity contribution < 1.29 is 24.5 Å². The van der Waals surface area contributed by atoms with Crippen LogP contribution in [-0.4, -0.2) is 46.6 Å². The number of benzene rings is 2. The lowest BCUT2D eigenvalue weighted by Gasteiger charge is -2.59. The van der Waals surface area contributed by atoms with Crippen LogP contribution in [0.5, 0.6) is 11.5 Å². The van der Waals surface area contributed by atoms with Gasteiger partial charge in [-0.25, -0.2) is 4.79 Å². The SMILES string of the molecule is CC.CCCCCCCCCCCCCCCCCc1ccc(C(=O)Oc2ccc3c(c2O)C2(/C=C/O)CC4(C3)CN(CC3CC3)C4C23CCC(C)(C(C)C(C)(C)C)C3)cc1.NC=O. The molecule has 7 heteroatoms. The molecule has 1 amide bonds. The van der Waals surface area contributed by atoms with Gasteiger partial charge in [0, 0.05) is 40.9 Å². The second kappa shape index (κ2) is 22.9. The normalized spacial score (nSPS) is 27.2. The van der Waals surface area contributed by atoms with Gasteiger partial charge in [-0.15, -0.1) is 0 Å². The number of aromatic hydroxyl groups is 1. The molecule has 5 aliphatic rings. The number of nitrogens with zero attached hydrogens (tertiary/aromatic N) is 1. The van der Waals surface area contributed by atoms with Crippen molar-refractivity contribution in [2.45, 2.75) is 215 Å². The van der Waals surface area contributed by atoms with Gasteiger partial charge in [-0.05, 0) is 116 Å². The van der Waals surface area contributed by atoms with Gasteiger partial charge in [0.2, 0.25) is 6.41 Å². The highest BCUT2D eigenvalue weighted by Crippen LogP contribution is 2.79. The molecule has 64 heavy (non-hydrogen) atoms. The van der Waals surface area contributed by atoms with Crippen molar-refractivity contribution in [1.82, 2.24) is 4.90 Å². The number of carbonyl (C=O) groups excluding carboxylic acids is 2. The van der Waals surface area contributed by atoms with Crippen LogP contribution in [0.2, 0.25) is 0 Å². The fourth-order valence-corrected chi connectivity index (χ4v) is 13.5. The number of aliphatic hydroxyl groups excluding tert-OH is 1. The third-order valence-corrected chi connectivity index (χ3v) is 16.9. The van der Waals surface area contributed by atoms with Gasteiger partial charge < -0.3 is 20.7 Å². The Morgan fingerprint density at radius 2 is 1.44 bits per heavy atom. The highest BCUT2D eigenvalue weighted by atomic mass is 16.5. The summed E-state index contributed by atoms with van der Waals surface area (Å²) < 4.78 is 6.10. The number of primary amides is 1. The summed E-state index contributed by atoms with van der Waals surface area (Å²) in [5.74, 6) is 1.18. The number of hydrogen-bond donors (Lipinski definition) is 3. The number of phenols is 1. The summed E-state index contributed by atoms with van der Waals surface area (Å²) in [6.45, 7) is 20.6. The van der Waals surface area contributed by atoms with Crippen molar-refractivity contribution in [3.05, 3.63) is 71.0 Å². The van der Waals surface area contributed by atoms with E-state index in [0.717, 1.165) is 62.1 Å². The molecule has 1 heterocycles. The maximum atomic E-state index is 13.7. The van der Waals surface area contributed by atoms with E-state index in [1.807, 2.05) is 32.0 Å². The quantitative estimate of drug-likeness (QED) is 0.0357. The Bertz CT molecular complexity index is 1810. The molecule has 4 N–H and O–H groups in total. The molecule has 7 rings (SSSR count). The number of aryl methyl sites for hydroxylation is 1. The Morgan fingerprint density at radius 1 is 0.875 bits per heavy atom. The van der Waals surface area contributed by atoms with Gasteiger partial charge in [-0.2, -0.15) is 0 Å². The van der Waals surface area contributed by atoms with E-state index in [9.17, 15) is 15.0 Å². The summed E-state index contributed by atoms with van der Waals surface area (Å²) in [7, 11) is 0. The molecule has 2 spiro atoms. The van der Waals surface area contributed by atoms with E-state index >= 15 is 0 Å². The number of fused-ring (bicyclic) bond motifs is 5. The predicted molar refractivity (Wildman–Crippen MR) is 265 cm³/mol. The Labute approximate surface area is 389 Å². The number of ether oxygens (including phenoxy) is 1.